The zero-order valence-electron chi connectivity index (χ0n) is 14.3. The molecular formula is C16H34O3Si. The van der Waals surface area contributed by atoms with E-state index in [1.807, 2.05) is 0 Å². The van der Waals surface area contributed by atoms with Gasteiger partial charge in [-0.2, -0.15) is 0 Å². The number of aliphatic carboxylic acids is 1. The first-order valence-corrected chi connectivity index (χ1v) is 10.9. The fraction of sp³-hybridized carbons (Fsp3) is 0.938. The second kappa shape index (κ2) is 8.83. The molecule has 1 N–H and O–H groups in total. The predicted molar refractivity (Wildman–Crippen MR) is 87.7 cm³/mol. The van der Waals surface area contributed by atoms with Crippen LogP contribution in [0.4, 0.5) is 0 Å². The van der Waals surface area contributed by atoms with Crippen molar-refractivity contribution in [2.24, 2.45) is 0 Å². The number of rotatable bonds is 10. The Morgan fingerprint density at radius 2 is 1.70 bits per heavy atom. The van der Waals surface area contributed by atoms with Crippen LogP contribution < -0.4 is 0 Å². The second-order valence-corrected chi connectivity index (χ2v) is 12.1. The largest absolute Gasteiger partial charge is 0.481 e. The lowest BCUT2D eigenvalue weighted by Gasteiger charge is -2.39. The molecule has 0 aliphatic rings. The molecule has 0 heterocycles. The second-order valence-electron chi connectivity index (χ2n) is 7.30. The van der Waals surface area contributed by atoms with Gasteiger partial charge in [0.1, 0.15) is 0 Å². The number of unbranched alkanes of at least 4 members (excludes halogenated alkanes) is 4. The van der Waals surface area contributed by atoms with Crippen LogP contribution in [0, 0.1) is 0 Å². The number of hydrogen-bond acceptors (Lipinski definition) is 2. The predicted octanol–water partition coefficient (Wildman–Crippen LogP) is 5.21. The van der Waals surface area contributed by atoms with Crippen molar-refractivity contribution >= 4 is 14.3 Å². The number of carboxylic acid groups (broad SMARTS) is 1. The van der Waals surface area contributed by atoms with Crippen LogP contribution in [0.25, 0.3) is 0 Å². The van der Waals surface area contributed by atoms with E-state index >= 15 is 0 Å². The van der Waals surface area contributed by atoms with Crippen molar-refractivity contribution < 1.29 is 14.3 Å². The lowest BCUT2D eigenvalue weighted by molar-refractivity contribution is -0.139. The van der Waals surface area contributed by atoms with E-state index in [-0.39, 0.29) is 17.6 Å². The van der Waals surface area contributed by atoms with E-state index < -0.39 is 14.3 Å². The molecule has 0 aromatic carbocycles. The quantitative estimate of drug-likeness (QED) is 0.445. The zero-order valence-corrected chi connectivity index (χ0v) is 15.3. The van der Waals surface area contributed by atoms with Gasteiger partial charge in [-0.25, -0.2) is 0 Å². The highest BCUT2D eigenvalue weighted by Gasteiger charge is 2.39. The molecule has 0 unspecified atom stereocenters. The third kappa shape index (κ3) is 8.05. The minimum atomic E-state index is -1.87. The summed E-state index contributed by atoms with van der Waals surface area (Å²) in [6.45, 7) is 13.2. The first kappa shape index (κ1) is 19.6. The third-order valence-electron chi connectivity index (χ3n) is 4.30. The molecule has 0 aromatic rings. The molecule has 120 valence electrons. The molecule has 0 aliphatic carbocycles. The molecule has 4 heteroatoms. The molecule has 0 aliphatic heterocycles. The van der Waals surface area contributed by atoms with Crippen LogP contribution in [0.5, 0.6) is 0 Å². The summed E-state index contributed by atoms with van der Waals surface area (Å²) in [5.74, 6) is -0.748. The molecule has 0 amide bonds. The average Bonchev–Trinajstić information content (AvgIpc) is 2.25. The summed E-state index contributed by atoms with van der Waals surface area (Å²) in [5, 5.41) is 9.19. The van der Waals surface area contributed by atoms with Gasteiger partial charge in [0.25, 0.3) is 0 Å². The topological polar surface area (TPSA) is 46.5 Å². The number of carbonyl (C=O) groups is 1. The van der Waals surface area contributed by atoms with Crippen molar-refractivity contribution in [2.75, 3.05) is 0 Å². The van der Waals surface area contributed by atoms with Crippen molar-refractivity contribution in [3.63, 3.8) is 0 Å². The van der Waals surface area contributed by atoms with Crippen LogP contribution in [0.1, 0.15) is 72.6 Å². The average molecular weight is 303 g/mol. The van der Waals surface area contributed by atoms with Gasteiger partial charge in [0.15, 0.2) is 8.32 Å². The van der Waals surface area contributed by atoms with Gasteiger partial charge in [-0.05, 0) is 24.6 Å². The van der Waals surface area contributed by atoms with E-state index in [2.05, 4.69) is 40.8 Å². The SMILES string of the molecule is CCCCCCC[C@H](CC(=O)O)O[Si](C)(C)C(C)(C)C. The van der Waals surface area contributed by atoms with Crippen LogP contribution >= 0.6 is 0 Å². The highest BCUT2D eigenvalue weighted by Crippen LogP contribution is 2.38. The zero-order chi connectivity index (χ0) is 15.8. The minimum Gasteiger partial charge on any atom is -0.481 e. The fourth-order valence-electron chi connectivity index (χ4n) is 1.97. The molecule has 0 spiro atoms. The molecular weight excluding hydrogens is 268 g/mol. The molecule has 0 saturated carbocycles. The summed E-state index contributed by atoms with van der Waals surface area (Å²) in [7, 11) is -1.87. The summed E-state index contributed by atoms with van der Waals surface area (Å²) in [5.41, 5.74) is 0. The summed E-state index contributed by atoms with van der Waals surface area (Å²) >= 11 is 0. The van der Waals surface area contributed by atoms with Gasteiger partial charge >= 0.3 is 5.97 Å². The van der Waals surface area contributed by atoms with Gasteiger partial charge in [-0.1, -0.05) is 59.8 Å². The number of carboxylic acids is 1. The minimum absolute atomic E-state index is 0.116. The van der Waals surface area contributed by atoms with Crippen molar-refractivity contribution in [3.05, 3.63) is 0 Å². The fourth-order valence-corrected chi connectivity index (χ4v) is 3.35. The summed E-state index contributed by atoms with van der Waals surface area (Å²) in [6.07, 6.45) is 6.91. The molecule has 3 nitrogen and oxygen atoms in total. The molecule has 0 aromatic heterocycles. The van der Waals surface area contributed by atoms with E-state index in [0.717, 1.165) is 12.8 Å². The monoisotopic (exact) mass is 302 g/mol. The first-order valence-electron chi connectivity index (χ1n) is 7.99. The highest BCUT2D eigenvalue weighted by molar-refractivity contribution is 6.74. The summed E-state index contributed by atoms with van der Waals surface area (Å²) < 4.78 is 6.28. The van der Waals surface area contributed by atoms with Gasteiger partial charge in [-0.3, -0.25) is 4.79 Å². The molecule has 1 atom stereocenters. The maximum absolute atomic E-state index is 11.0. The van der Waals surface area contributed by atoms with E-state index in [1.165, 1.54) is 25.7 Å². The normalized spacial score (nSPS) is 14.3. The van der Waals surface area contributed by atoms with Gasteiger partial charge in [-0.15, -0.1) is 0 Å². The third-order valence-corrected chi connectivity index (χ3v) is 8.83. The lowest BCUT2D eigenvalue weighted by atomic mass is 10.1. The lowest BCUT2D eigenvalue weighted by Crippen LogP contribution is -2.44. The molecule has 0 radical (unpaired) electrons. The molecule has 0 fully saturated rings. The summed E-state index contributed by atoms with van der Waals surface area (Å²) in [6, 6.07) is 0. The van der Waals surface area contributed by atoms with Crippen molar-refractivity contribution in [3.8, 4) is 0 Å². The van der Waals surface area contributed by atoms with Crippen LogP contribution in [-0.4, -0.2) is 25.5 Å². The summed E-state index contributed by atoms with van der Waals surface area (Å²) in [4.78, 5) is 11.0. The van der Waals surface area contributed by atoms with E-state index in [0.29, 0.717) is 0 Å². The highest BCUT2D eigenvalue weighted by atomic mass is 28.4. The van der Waals surface area contributed by atoms with Crippen molar-refractivity contribution in [1.82, 2.24) is 0 Å². The Bertz CT molecular complexity index is 282. The van der Waals surface area contributed by atoms with Gasteiger partial charge in [0.05, 0.1) is 12.5 Å². The van der Waals surface area contributed by atoms with Crippen molar-refractivity contribution in [2.45, 2.75) is 96.9 Å². The maximum atomic E-state index is 11.0. The van der Waals surface area contributed by atoms with Crippen LogP contribution in [0.2, 0.25) is 18.1 Å². The Balaban J connectivity index is 4.38. The first-order chi connectivity index (χ1) is 9.10. The number of hydrogen-bond donors (Lipinski definition) is 1. The molecule has 0 rings (SSSR count). The molecule has 0 bridgehead atoms. The Morgan fingerprint density at radius 3 is 2.15 bits per heavy atom. The molecule has 0 saturated heterocycles. The van der Waals surface area contributed by atoms with Crippen LogP contribution in [0.15, 0.2) is 0 Å². The van der Waals surface area contributed by atoms with Crippen LogP contribution in [-0.2, 0) is 9.22 Å². The molecule has 20 heavy (non-hydrogen) atoms. The van der Waals surface area contributed by atoms with Crippen LogP contribution in [0.3, 0.4) is 0 Å². The van der Waals surface area contributed by atoms with E-state index in [9.17, 15) is 4.79 Å². The standard InChI is InChI=1S/C16H34O3Si/c1-7-8-9-10-11-12-14(13-15(17)18)19-20(5,6)16(2,3)4/h14H,7-13H2,1-6H3,(H,17,18)/t14-/m1/s1. The van der Waals surface area contributed by atoms with E-state index in [1.54, 1.807) is 0 Å². The Hall–Kier alpha value is -0.353. The Labute approximate surface area is 126 Å². The maximum Gasteiger partial charge on any atom is 0.305 e. The smallest absolute Gasteiger partial charge is 0.305 e. The van der Waals surface area contributed by atoms with E-state index in [4.69, 9.17) is 9.53 Å². The van der Waals surface area contributed by atoms with Crippen molar-refractivity contribution in [1.29, 1.82) is 0 Å². The Morgan fingerprint density at radius 1 is 1.15 bits per heavy atom. The van der Waals surface area contributed by atoms with Gasteiger partial charge in [0, 0.05) is 0 Å². The Kier molecular flexibility index (Phi) is 8.67. The van der Waals surface area contributed by atoms with Gasteiger partial charge in [0.2, 0.25) is 0 Å². The van der Waals surface area contributed by atoms with Gasteiger partial charge < -0.3 is 9.53 Å².